The lowest BCUT2D eigenvalue weighted by molar-refractivity contribution is 0.195. The van der Waals surface area contributed by atoms with Crippen molar-refractivity contribution >= 4 is 22.3 Å². The highest BCUT2D eigenvalue weighted by atomic mass is 79.9. The molecule has 0 aliphatic carbocycles. The summed E-state index contributed by atoms with van der Waals surface area (Å²) >= 11 is 3.28. The van der Waals surface area contributed by atoms with Crippen LogP contribution in [0.1, 0.15) is 13.8 Å². The Kier molecular flexibility index (Phi) is 7.93. The van der Waals surface area contributed by atoms with E-state index in [1.165, 1.54) is 0 Å². The third-order valence-corrected chi connectivity index (χ3v) is 2.57. The normalized spacial score (nSPS) is 13.9. The van der Waals surface area contributed by atoms with Gasteiger partial charge < -0.3 is 15.3 Å². The summed E-state index contributed by atoms with van der Waals surface area (Å²) in [4.78, 5) is 6.15. The Bertz CT molecular complexity index is 276. The third kappa shape index (κ3) is 7.48. The Labute approximate surface area is 106 Å². The number of allylic oxidation sites excluding steroid dienone is 1. The summed E-state index contributed by atoms with van der Waals surface area (Å²) in [6.45, 7) is 8.95. The van der Waals surface area contributed by atoms with E-state index in [1.807, 2.05) is 11.9 Å². The van der Waals surface area contributed by atoms with Crippen LogP contribution in [0.5, 0.6) is 0 Å². The quantitative estimate of drug-likeness (QED) is 0.426. The lowest BCUT2D eigenvalue weighted by Gasteiger charge is -2.12. The molecule has 0 saturated heterocycles. The third-order valence-electron chi connectivity index (χ3n) is 1.81. The fourth-order valence-corrected chi connectivity index (χ4v) is 1.08. The summed E-state index contributed by atoms with van der Waals surface area (Å²) in [7, 11) is 1.96. The molecular weight excluding hydrogens is 270 g/mol. The van der Waals surface area contributed by atoms with E-state index in [2.05, 4.69) is 39.7 Å². The molecule has 0 aromatic rings. The summed E-state index contributed by atoms with van der Waals surface area (Å²) in [5.41, 5.74) is 0.715. The van der Waals surface area contributed by atoms with Gasteiger partial charge >= 0.3 is 0 Å². The topological polar surface area (TPSA) is 47.9 Å². The first-order chi connectivity index (χ1) is 7.47. The maximum atomic E-state index is 9.59. The van der Waals surface area contributed by atoms with Crippen LogP contribution in [0.4, 0.5) is 0 Å². The Morgan fingerprint density at radius 2 is 2.31 bits per heavy atom. The van der Waals surface area contributed by atoms with Crippen molar-refractivity contribution in [3.63, 3.8) is 0 Å². The molecule has 0 heterocycles. The average Bonchev–Trinajstić information content (AvgIpc) is 2.22. The summed E-state index contributed by atoms with van der Waals surface area (Å²) in [5, 5.41) is 12.4. The molecule has 0 rings (SSSR count). The van der Waals surface area contributed by atoms with E-state index >= 15 is 0 Å². The van der Waals surface area contributed by atoms with Crippen LogP contribution in [0, 0.1) is 0 Å². The van der Waals surface area contributed by atoms with Gasteiger partial charge in [-0.2, -0.15) is 0 Å². The van der Waals surface area contributed by atoms with Crippen LogP contribution >= 0.6 is 15.9 Å². The van der Waals surface area contributed by atoms with Crippen LogP contribution in [0.3, 0.4) is 0 Å². The van der Waals surface area contributed by atoms with Gasteiger partial charge in [-0.15, -0.1) is 0 Å². The first-order valence-corrected chi connectivity index (χ1v) is 5.92. The number of hydrogen-bond acceptors (Lipinski definition) is 3. The van der Waals surface area contributed by atoms with Gasteiger partial charge in [0.05, 0.1) is 12.9 Å². The Hall–Kier alpha value is -0.810. The summed E-state index contributed by atoms with van der Waals surface area (Å²) in [6.07, 6.45) is 2.83. The number of rotatable bonds is 7. The van der Waals surface area contributed by atoms with E-state index in [0.29, 0.717) is 16.7 Å². The van der Waals surface area contributed by atoms with E-state index < -0.39 is 6.23 Å². The van der Waals surface area contributed by atoms with Crippen LogP contribution < -0.4 is 5.32 Å². The van der Waals surface area contributed by atoms with E-state index in [0.717, 1.165) is 6.54 Å². The monoisotopic (exact) mass is 289 g/mol. The van der Waals surface area contributed by atoms with Crippen LogP contribution in [0.15, 0.2) is 27.8 Å². The fourth-order valence-electron chi connectivity index (χ4n) is 0.822. The maximum absolute atomic E-state index is 9.59. The molecule has 0 aliphatic heterocycles. The summed E-state index contributed by atoms with van der Waals surface area (Å²) in [6, 6.07) is 0. The molecule has 0 aromatic carbocycles. The number of aliphatic imine (C=N–C) groups is 1. The van der Waals surface area contributed by atoms with Crippen molar-refractivity contribution < 1.29 is 5.11 Å². The molecule has 0 amide bonds. The van der Waals surface area contributed by atoms with Gasteiger partial charge in [0.1, 0.15) is 0 Å². The molecular formula is C11H20BrN3O. The average molecular weight is 290 g/mol. The Morgan fingerprint density at radius 1 is 1.69 bits per heavy atom. The number of aliphatic hydroxyl groups excluding tert-OH is 1. The predicted molar refractivity (Wildman–Crippen MR) is 72.6 cm³/mol. The number of nitrogens with zero attached hydrogens (tertiary/aromatic N) is 2. The fraction of sp³-hybridized carbons (Fsp3) is 0.545. The number of hydrogen-bond donors (Lipinski definition) is 2. The second-order valence-electron chi connectivity index (χ2n) is 3.47. The predicted octanol–water partition coefficient (Wildman–Crippen LogP) is 1.69. The second-order valence-corrected chi connectivity index (χ2v) is 4.39. The van der Waals surface area contributed by atoms with Crippen molar-refractivity contribution in [1.82, 2.24) is 10.2 Å². The van der Waals surface area contributed by atoms with Crippen molar-refractivity contribution in [1.29, 1.82) is 0 Å². The molecule has 0 radical (unpaired) electrons. The lowest BCUT2D eigenvalue weighted by atomic mass is 10.4. The summed E-state index contributed by atoms with van der Waals surface area (Å²) < 4.78 is 0.659. The smallest absolute Gasteiger partial charge is 0.156 e. The van der Waals surface area contributed by atoms with Crippen molar-refractivity contribution in [3.05, 3.63) is 22.8 Å². The molecule has 2 N–H and O–H groups in total. The highest BCUT2D eigenvalue weighted by Crippen LogP contribution is 2.09. The van der Waals surface area contributed by atoms with Gasteiger partial charge in [0.2, 0.25) is 0 Å². The van der Waals surface area contributed by atoms with Gasteiger partial charge in [-0.25, -0.2) is 0 Å². The van der Waals surface area contributed by atoms with Gasteiger partial charge in [-0.3, -0.25) is 4.99 Å². The zero-order valence-electron chi connectivity index (χ0n) is 10.1. The molecule has 0 unspecified atom stereocenters. The van der Waals surface area contributed by atoms with Crippen LogP contribution in [-0.2, 0) is 0 Å². The first kappa shape index (κ1) is 15.2. The van der Waals surface area contributed by atoms with Gasteiger partial charge in [0.15, 0.2) is 6.23 Å². The molecule has 0 aliphatic rings. The zero-order valence-corrected chi connectivity index (χ0v) is 11.7. The van der Waals surface area contributed by atoms with E-state index in [1.54, 1.807) is 19.3 Å². The minimum Gasteiger partial charge on any atom is -0.369 e. The van der Waals surface area contributed by atoms with Crippen molar-refractivity contribution in [2.75, 3.05) is 20.1 Å². The Balaban J connectivity index is 4.03. The molecule has 1 atom stereocenters. The molecule has 92 valence electrons. The zero-order chi connectivity index (χ0) is 12.6. The molecule has 16 heavy (non-hydrogen) atoms. The standard InChI is InChI=1S/C11H20BrN3O/c1-5-15(4)8-13-7-6-10(12)11(16)14-9(2)3/h6,8,11,14,16H,2,5,7H2,1,3-4H3/b10-6+,13-8?/t11-/m1/s1. The molecule has 0 saturated carbocycles. The number of halogens is 1. The van der Waals surface area contributed by atoms with E-state index in [-0.39, 0.29) is 0 Å². The van der Waals surface area contributed by atoms with Crippen molar-refractivity contribution in [2.45, 2.75) is 20.1 Å². The van der Waals surface area contributed by atoms with Crippen molar-refractivity contribution in [3.8, 4) is 0 Å². The minimum atomic E-state index is -0.753. The summed E-state index contributed by atoms with van der Waals surface area (Å²) in [5.74, 6) is 0. The van der Waals surface area contributed by atoms with Crippen LogP contribution in [0.2, 0.25) is 0 Å². The van der Waals surface area contributed by atoms with E-state index in [9.17, 15) is 5.11 Å². The van der Waals surface area contributed by atoms with Gasteiger partial charge in [-0.1, -0.05) is 22.5 Å². The molecule has 5 heteroatoms. The molecule has 0 fully saturated rings. The first-order valence-electron chi connectivity index (χ1n) is 5.13. The maximum Gasteiger partial charge on any atom is 0.156 e. The van der Waals surface area contributed by atoms with Crippen LogP contribution in [0.25, 0.3) is 0 Å². The van der Waals surface area contributed by atoms with Gasteiger partial charge in [0.25, 0.3) is 0 Å². The van der Waals surface area contributed by atoms with Gasteiger partial charge in [0, 0.05) is 23.8 Å². The number of aliphatic hydroxyl groups is 1. The highest BCUT2D eigenvalue weighted by molar-refractivity contribution is 9.11. The lowest BCUT2D eigenvalue weighted by Crippen LogP contribution is -2.26. The SMILES string of the molecule is C=C(C)N[C@H](O)/C(Br)=C\CN=CN(C)CC. The van der Waals surface area contributed by atoms with Crippen molar-refractivity contribution in [2.24, 2.45) is 4.99 Å². The molecule has 0 bridgehead atoms. The Morgan fingerprint density at radius 3 is 2.81 bits per heavy atom. The molecule has 0 aromatic heterocycles. The van der Waals surface area contributed by atoms with Crippen LogP contribution in [-0.4, -0.2) is 42.7 Å². The molecule has 0 spiro atoms. The number of nitrogens with one attached hydrogen (secondary N) is 1. The minimum absolute atomic E-state index is 0.528. The highest BCUT2D eigenvalue weighted by Gasteiger charge is 2.05. The molecule has 4 nitrogen and oxygen atoms in total. The van der Waals surface area contributed by atoms with E-state index in [4.69, 9.17) is 0 Å². The second kappa shape index (κ2) is 8.35. The largest absolute Gasteiger partial charge is 0.369 e. The van der Waals surface area contributed by atoms with Gasteiger partial charge in [-0.05, 0) is 19.9 Å².